The van der Waals surface area contributed by atoms with E-state index >= 15 is 4.79 Å². The highest BCUT2D eigenvalue weighted by Gasteiger charge is 2.64. The molecule has 10 nitrogen and oxygen atoms in total. The van der Waals surface area contributed by atoms with Gasteiger partial charge in [0.2, 0.25) is 0 Å². The molecule has 1 aliphatic rings. The Kier molecular flexibility index (Phi) is 43.9. The van der Waals surface area contributed by atoms with E-state index < -0.39 is 65.4 Å². The van der Waals surface area contributed by atoms with Gasteiger partial charge in [-0.25, -0.2) is 0 Å². The number of ketones is 1. The van der Waals surface area contributed by atoms with E-state index in [0.29, 0.717) is 6.42 Å². The van der Waals surface area contributed by atoms with E-state index in [0.717, 1.165) is 77.5 Å². The molecule has 1 heterocycles. The normalized spacial score (nSPS) is 17.9. The SMILES string of the molecule is CCCCCCCCCCCCC=C[C@@H](OCc1ccccc1)[C@@H](OCc1ccccc1)[C@H](C(=O)CCCCCCCCCCCCCCCCCCCCCCCCC)C(N)O[C@]1([SiH3])O[C@H](C(OC(C)(C)C)(c2ccccc2)c2ccccc2)[C@H](OCc2ccccc2)[C@H](OCc2ccccc2)[C@H]1OCc1ccccc1. The van der Waals surface area contributed by atoms with E-state index in [1.165, 1.54) is 173 Å². The van der Waals surface area contributed by atoms with Crippen LogP contribution in [0.2, 0.25) is 0 Å². The third-order valence-corrected chi connectivity index (χ3v) is 23.4. The first-order chi connectivity index (χ1) is 54.9. The zero-order valence-corrected chi connectivity index (χ0v) is 72.0. The second-order valence-electron chi connectivity index (χ2n) is 33.0. The van der Waals surface area contributed by atoms with Gasteiger partial charge >= 0.3 is 0 Å². The van der Waals surface area contributed by atoms with Gasteiger partial charge in [0.05, 0.1) is 54.8 Å². The fraction of sp³-hybridized carbons (Fsp3) is 0.554. The summed E-state index contributed by atoms with van der Waals surface area (Å²) in [5.74, 6) is -1.13. The first-order valence-corrected chi connectivity index (χ1v) is 45.3. The number of Topliss-reactive ketones (excluding diaryl/α,β-unsaturated/α-hetero) is 1. The number of unbranched alkanes of at least 4 members (excludes halogenated alkanes) is 32. The van der Waals surface area contributed by atoms with Gasteiger partial charge in [-0.3, -0.25) is 4.79 Å². The van der Waals surface area contributed by atoms with E-state index in [-0.39, 0.29) is 55.5 Å². The van der Waals surface area contributed by atoms with Gasteiger partial charge in [0.15, 0.2) is 5.41 Å². The van der Waals surface area contributed by atoms with Gasteiger partial charge in [-0.1, -0.05) is 437 Å². The van der Waals surface area contributed by atoms with E-state index in [4.69, 9.17) is 43.6 Å². The molecule has 9 atom stereocenters. The zero-order chi connectivity index (χ0) is 78.8. The van der Waals surface area contributed by atoms with Crippen molar-refractivity contribution in [2.24, 2.45) is 11.7 Å². The first kappa shape index (κ1) is 91.3. The summed E-state index contributed by atoms with van der Waals surface area (Å²) in [6.07, 6.45) is 40.9. The van der Waals surface area contributed by atoms with Crippen molar-refractivity contribution in [2.45, 2.75) is 352 Å². The molecule has 0 amide bonds. The quantitative estimate of drug-likeness (QED) is 0.0171. The van der Waals surface area contributed by atoms with E-state index in [9.17, 15) is 0 Å². The summed E-state index contributed by atoms with van der Waals surface area (Å²) < 4.78 is 61.3. The summed E-state index contributed by atoms with van der Waals surface area (Å²) in [6.45, 7) is 11.9. The van der Waals surface area contributed by atoms with Gasteiger partial charge < -0.3 is 43.6 Å². The summed E-state index contributed by atoms with van der Waals surface area (Å²) in [6, 6.07) is 71.9. The van der Waals surface area contributed by atoms with Gasteiger partial charge in [-0.05, 0) is 79.0 Å². The molecule has 112 heavy (non-hydrogen) atoms. The number of nitrogens with two attached hydrogens (primary N) is 1. The van der Waals surface area contributed by atoms with Crippen LogP contribution in [0.3, 0.4) is 0 Å². The van der Waals surface area contributed by atoms with Crippen LogP contribution >= 0.6 is 0 Å². The van der Waals surface area contributed by atoms with Crippen molar-refractivity contribution < 1.29 is 42.7 Å². The fourth-order valence-electron chi connectivity index (χ4n) is 16.2. The lowest BCUT2D eigenvalue weighted by Crippen LogP contribution is -2.73. The number of carbonyl (C=O) groups is 1. The highest BCUT2D eigenvalue weighted by Crippen LogP contribution is 2.50. The van der Waals surface area contributed by atoms with Crippen LogP contribution in [0.25, 0.3) is 0 Å². The molecule has 7 aromatic rings. The second-order valence-corrected chi connectivity index (χ2v) is 34.4. The first-order valence-electron chi connectivity index (χ1n) is 44.3. The smallest absolute Gasteiger partial charge is 0.172 e. The predicted molar refractivity (Wildman–Crippen MR) is 467 cm³/mol. The maximum absolute atomic E-state index is 16.4. The molecule has 1 aliphatic heterocycles. The van der Waals surface area contributed by atoms with Crippen molar-refractivity contribution in [2.75, 3.05) is 0 Å². The molecule has 0 aromatic heterocycles. The minimum atomic E-state index is -1.71. The van der Waals surface area contributed by atoms with E-state index in [2.05, 4.69) is 132 Å². The lowest BCUT2D eigenvalue weighted by molar-refractivity contribution is -0.380. The summed E-state index contributed by atoms with van der Waals surface area (Å²) in [7, 11) is 0.132. The average molecular weight is 1550 g/mol. The summed E-state index contributed by atoms with van der Waals surface area (Å²) in [5.41, 5.74) is 10.7. The number of rotatable bonds is 61. The molecule has 2 N–H and O–H groups in total. The average Bonchev–Trinajstić information content (AvgIpc) is 0.715. The molecule has 0 spiro atoms. The van der Waals surface area contributed by atoms with Crippen LogP contribution in [0.1, 0.15) is 298 Å². The van der Waals surface area contributed by atoms with Gasteiger partial charge in [0, 0.05) is 6.42 Å². The molecule has 612 valence electrons. The molecule has 0 saturated carbocycles. The van der Waals surface area contributed by atoms with E-state index in [1.807, 2.05) is 127 Å². The standard InChI is InChI=1S/C101H145NO9Si/c1-6-8-10-12-14-16-18-20-21-22-23-24-25-26-27-28-29-30-31-33-35-37-60-76-90(103)92(93(105-79-84-64-48-40-49-65-84)91(104-78-83-62-46-39-47-63-83)77-61-38-36-34-32-19-17-15-13-11-9-7-2)98(102)110-101(112)97(108-82-87-70-54-43-55-71-87)95(107-81-86-68-52-42-53-69-86)94(106-80-85-66-50-41-51-67-85)96(109-101)100(111-99(3,4)5,88-72-56-44-57-73-88)89-74-58-45-59-75-89/h39-59,61-75,77,91-98H,6-38,60,76,78-82,102H2,1-5,112H3/t91-,92+,93-,94-,95+,96+,97-,98?,101-/m1/s1. The van der Waals surface area contributed by atoms with Crippen LogP contribution in [-0.2, 0) is 81.3 Å². The van der Waals surface area contributed by atoms with Crippen molar-refractivity contribution in [1.29, 1.82) is 0 Å². The van der Waals surface area contributed by atoms with Crippen molar-refractivity contribution in [3.8, 4) is 0 Å². The van der Waals surface area contributed by atoms with Crippen molar-refractivity contribution in [3.05, 3.63) is 263 Å². The minimum absolute atomic E-state index is 0.0511. The third kappa shape index (κ3) is 33.2. The molecule has 1 fully saturated rings. The number of benzene rings is 7. The lowest BCUT2D eigenvalue weighted by atomic mass is 9.75. The molecule has 1 unspecified atom stereocenters. The fourth-order valence-corrected chi connectivity index (χ4v) is 17.2. The Hall–Kier alpha value is -6.19. The number of allylic oxidation sites excluding steroid dienone is 1. The molecule has 0 radical (unpaired) electrons. The van der Waals surface area contributed by atoms with Crippen LogP contribution in [0, 0.1) is 5.92 Å². The number of ether oxygens (including phenoxy) is 8. The Balaban J connectivity index is 1.14. The molecular weight excluding hydrogens is 1400 g/mol. The van der Waals surface area contributed by atoms with Crippen molar-refractivity contribution in [1.82, 2.24) is 0 Å². The van der Waals surface area contributed by atoms with Gasteiger partial charge in [-0.2, -0.15) is 0 Å². The van der Waals surface area contributed by atoms with Gasteiger partial charge in [0.25, 0.3) is 0 Å². The van der Waals surface area contributed by atoms with Crippen molar-refractivity contribution >= 4 is 16.0 Å². The van der Waals surface area contributed by atoms with Crippen LogP contribution in [0.15, 0.2) is 224 Å². The monoisotopic (exact) mass is 1540 g/mol. The maximum Gasteiger partial charge on any atom is 0.172 e. The number of hydrogen-bond donors (Lipinski definition) is 1. The predicted octanol–water partition coefficient (Wildman–Crippen LogP) is 24.8. The summed E-state index contributed by atoms with van der Waals surface area (Å²) in [5, 5.41) is 0. The molecule has 0 aliphatic carbocycles. The molecule has 0 bridgehead atoms. The zero-order valence-electron chi connectivity index (χ0n) is 70.0. The van der Waals surface area contributed by atoms with Gasteiger partial charge in [0.1, 0.15) is 54.2 Å². The third-order valence-electron chi connectivity index (χ3n) is 22.3. The summed E-state index contributed by atoms with van der Waals surface area (Å²) in [4.78, 5) is 16.4. The number of hydrogen-bond acceptors (Lipinski definition) is 10. The molecule has 7 aromatic carbocycles. The molecule has 1 saturated heterocycles. The number of carbonyl (C=O) groups excluding carboxylic acids is 1. The van der Waals surface area contributed by atoms with Gasteiger partial charge in [-0.15, -0.1) is 0 Å². The highest BCUT2D eigenvalue weighted by atomic mass is 28.1. The summed E-state index contributed by atoms with van der Waals surface area (Å²) >= 11 is 0. The Bertz CT molecular complexity index is 3450. The Morgan fingerprint density at radius 3 is 1.12 bits per heavy atom. The minimum Gasteiger partial charge on any atom is -0.370 e. The van der Waals surface area contributed by atoms with Crippen LogP contribution < -0.4 is 5.73 Å². The second kappa shape index (κ2) is 53.9. The topological polar surface area (TPSA) is 117 Å². The lowest BCUT2D eigenvalue weighted by Gasteiger charge is -2.57. The van der Waals surface area contributed by atoms with Crippen LogP contribution in [0.5, 0.6) is 0 Å². The Labute approximate surface area is 681 Å². The Morgan fingerprint density at radius 2 is 0.741 bits per heavy atom. The van der Waals surface area contributed by atoms with Crippen LogP contribution in [-0.4, -0.2) is 69.9 Å². The van der Waals surface area contributed by atoms with Crippen molar-refractivity contribution in [3.63, 3.8) is 0 Å². The maximum atomic E-state index is 16.4. The van der Waals surface area contributed by atoms with Crippen LogP contribution in [0.4, 0.5) is 0 Å². The molecule has 8 rings (SSSR count). The highest BCUT2D eigenvalue weighted by molar-refractivity contribution is 6.14. The molecule has 11 heteroatoms. The largest absolute Gasteiger partial charge is 0.370 e. The van der Waals surface area contributed by atoms with E-state index in [1.54, 1.807) is 0 Å². The Morgan fingerprint density at radius 1 is 0.420 bits per heavy atom. The molecular formula is C101H145NO9Si.